The molecule has 1 atom stereocenters. The largest absolute Gasteiger partial charge is 0.375 e. The summed E-state index contributed by atoms with van der Waals surface area (Å²) < 4.78 is 1.93. The molecule has 1 unspecified atom stereocenters. The summed E-state index contributed by atoms with van der Waals surface area (Å²) >= 11 is 0. The molecule has 1 aliphatic rings. The maximum absolute atomic E-state index is 11.6. The van der Waals surface area contributed by atoms with Gasteiger partial charge in [-0.3, -0.25) is 14.9 Å². The molecule has 0 spiro atoms. The highest BCUT2D eigenvalue weighted by atomic mass is 16.2. The quantitative estimate of drug-likeness (QED) is 0.828. The Morgan fingerprint density at radius 1 is 1.25 bits per heavy atom. The van der Waals surface area contributed by atoms with Crippen LogP contribution in [0, 0.1) is 0 Å². The number of anilines is 1. The van der Waals surface area contributed by atoms with Crippen LogP contribution in [0.3, 0.4) is 0 Å². The van der Waals surface area contributed by atoms with Gasteiger partial charge >= 0.3 is 0 Å². The van der Waals surface area contributed by atoms with Gasteiger partial charge < -0.3 is 9.88 Å². The predicted octanol–water partition coefficient (Wildman–Crippen LogP) is 1.48. The Morgan fingerprint density at radius 2 is 2.00 bits per heavy atom. The van der Waals surface area contributed by atoms with Crippen molar-refractivity contribution >= 4 is 17.5 Å². The van der Waals surface area contributed by atoms with Gasteiger partial charge in [-0.1, -0.05) is 0 Å². The number of hydrogen-bond acceptors (Lipinski definition) is 4. The molecule has 6 nitrogen and oxygen atoms in total. The summed E-state index contributed by atoms with van der Waals surface area (Å²) in [6, 6.07) is 5.13. The van der Waals surface area contributed by atoms with E-state index in [0.29, 0.717) is 11.1 Å². The van der Waals surface area contributed by atoms with Crippen molar-refractivity contribution in [3.05, 3.63) is 47.5 Å². The van der Waals surface area contributed by atoms with Crippen molar-refractivity contribution in [1.82, 2.24) is 14.9 Å². The van der Waals surface area contributed by atoms with E-state index < -0.39 is 0 Å². The first-order chi connectivity index (χ1) is 9.56. The predicted molar refractivity (Wildman–Crippen MR) is 73.5 cm³/mol. The molecule has 3 rings (SSSR count). The highest BCUT2D eigenvalue weighted by Crippen LogP contribution is 2.23. The van der Waals surface area contributed by atoms with Crippen LogP contribution in [0.4, 0.5) is 5.69 Å². The molecule has 2 amide bonds. The summed E-state index contributed by atoms with van der Waals surface area (Å²) in [4.78, 5) is 27.4. The molecule has 0 saturated heterocycles. The molecule has 1 aromatic heterocycles. The average Bonchev–Trinajstić information content (AvgIpc) is 2.95. The number of nitrogens with one attached hydrogen (secondary N) is 2. The van der Waals surface area contributed by atoms with Gasteiger partial charge in [0.1, 0.15) is 5.82 Å². The number of imide groups is 1. The van der Waals surface area contributed by atoms with Gasteiger partial charge in [-0.15, -0.1) is 0 Å². The van der Waals surface area contributed by atoms with Crippen LogP contribution in [-0.4, -0.2) is 21.4 Å². The Labute approximate surface area is 115 Å². The van der Waals surface area contributed by atoms with Crippen LogP contribution in [-0.2, 0) is 7.05 Å². The van der Waals surface area contributed by atoms with Gasteiger partial charge in [0.25, 0.3) is 11.8 Å². The van der Waals surface area contributed by atoms with E-state index in [9.17, 15) is 9.59 Å². The van der Waals surface area contributed by atoms with Crippen LogP contribution in [0.15, 0.2) is 30.6 Å². The SMILES string of the molecule is CC(Nc1ccc2c(c1)C(=O)NC2=O)c1nccn1C. The number of rotatable bonds is 3. The zero-order chi connectivity index (χ0) is 14.3. The van der Waals surface area contributed by atoms with E-state index in [1.54, 1.807) is 24.4 Å². The molecule has 2 N–H and O–H groups in total. The second kappa shape index (κ2) is 4.48. The van der Waals surface area contributed by atoms with E-state index in [1.165, 1.54) is 0 Å². The van der Waals surface area contributed by atoms with Gasteiger partial charge in [0.05, 0.1) is 17.2 Å². The molecule has 0 saturated carbocycles. The van der Waals surface area contributed by atoms with E-state index in [2.05, 4.69) is 15.6 Å². The molecular formula is C14H14N4O2. The summed E-state index contributed by atoms with van der Waals surface area (Å²) in [5.74, 6) is 0.207. The molecule has 0 aliphatic carbocycles. The van der Waals surface area contributed by atoms with Crippen LogP contribution in [0.25, 0.3) is 0 Å². The van der Waals surface area contributed by atoms with Gasteiger partial charge in [-0.25, -0.2) is 4.98 Å². The van der Waals surface area contributed by atoms with Crippen LogP contribution < -0.4 is 10.6 Å². The fraction of sp³-hybridized carbons (Fsp3) is 0.214. The normalized spacial score (nSPS) is 14.9. The second-order valence-electron chi connectivity index (χ2n) is 4.81. The maximum atomic E-state index is 11.6. The first-order valence-electron chi connectivity index (χ1n) is 6.30. The smallest absolute Gasteiger partial charge is 0.259 e. The van der Waals surface area contributed by atoms with Gasteiger partial charge in [-0.2, -0.15) is 0 Å². The van der Waals surface area contributed by atoms with Crippen LogP contribution in [0.2, 0.25) is 0 Å². The van der Waals surface area contributed by atoms with E-state index in [4.69, 9.17) is 0 Å². The molecule has 2 heterocycles. The zero-order valence-electron chi connectivity index (χ0n) is 11.2. The minimum absolute atomic E-state index is 0.00628. The van der Waals surface area contributed by atoms with Crippen LogP contribution in [0.5, 0.6) is 0 Å². The lowest BCUT2D eigenvalue weighted by Crippen LogP contribution is -2.19. The van der Waals surface area contributed by atoms with Gasteiger partial charge in [0.2, 0.25) is 0 Å². The van der Waals surface area contributed by atoms with Crippen molar-refractivity contribution in [3.8, 4) is 0 Å². The monoisotopic (exact) mass is 270 g/mol. The van der Waals surface area contributed by atoms with E-state index in [-0.39, 0.29) is 17.9 Å². The molecule has 1 aliphatic heterocycles. The number of aryl methyl sites for hydroxylation is 1. The highest BCUT2D eigenvalue weighted by Gasteiger charge is 2.26. The number of imidazole rings is 1. The third-order valence-electron chi connectivity index (χ3n) is 3.36. The number of amides is 2. The standard InChI is InChI=1S/C14H14N4O2/c1-8(12-15-5-6-18(12)2)16-9-3-4-10-11(7-9)14(20)17-13(10)19/h3-8,16H,1-2H3,(H,17,19,20). The van der Waals surface area contributed by atoms with Gasteiger partial charge in [0.15, 0.2) is 0 Å². The highest BCUT2D eigenvalue weighted by molar-refractivity contribution is 6.21. The minimum atomic E-state index is -0.349. The number of fused-ring (bicyclic) bond motifs is 1. The van der Waals surface area contributed by atoms with Crippen molar-refractivity contribution in [1.29, 1.82) is 0 Å². The number of nitrogens with zero attached hydrogens (tertiary/aromatic N) is 2. The van der Waals surface area contributed by atoms with Crippen LogP contribution in [0.1, 0.15) is 39.5 Å². The third-order valence-corrected chi connectivity index (χ3v) is 3.36. The molecular weight excluding hydrogens is 256 g/mol. The van der Waals surface area contributed by atoms with Crippen molar-refractivity contribution < 1.29 is 9.59 Å². The Hall–Kier alpha value is -2.63. The van der Waals surface area contributed by atoms with Crippen LogP contribution >= 0.6 is 0 Å². The number of aromatic nitrogens is 2. The fourth-order valence-electron chi connectivity index (χ4n) is 2.37. The molecule has 2 aromatic rings. The topological polar surface area (TPSA) is 76.0 Å². The lowest BCUT2D eigenvalue weighted by molar-refractivity contribution is 0.0879. The minimum Gasteiger partial charge on any atom is -0.375 e. The lowest BCUT2D eigenvalue weighted by Gasteiger charge is -2.15. The first kappa shape index (κ1) is 12.4. The van der Waals surface area contributed by atoms with Gasteiger partial charge in [-0.05, 0) is 25.1 Å². The lowest BCUT2D eigenvalue weighted by atomic mass is 10.1. The summed E-state index contributed by atoms with van der Waals surface area (Å²) in [6.07, 6.45) is 3.62. The summed E-state index contributed by atoms with van der Waals surface area (Å²) in [6.45, 7) is 1.99. The molecule has 0 fully saturated rings. The Morgan fingerprint density at radius 3 is 2.70 bits per heavy atom. The Balaban J connectivity index is 1.86. The fourth-order valence-corrected chi connectivity index (χ4v) is 2.37. The van der Waals surface area contributed by atoms with E-state index in [0.717, 1.165) is 11.5 Å². The molecule has 20 heavy (non-hydrogen) atoms. The third kappa shape index (κ3) is 1.95. The van der Waals surface area contributed by atoms with Crippen molar-refractivity contribution in [2.75, 3.05) is 5.32 Å². The number of carbonyl (C=O) groups excluding carboxylic acids is 2. The van der Waals surface area contributed by atoms with E-state index in [1.807, 2.05) is 24.7 Å². The number of carbonyl (C=O) groups is 2. The number of hydrogen-bond donors (Lipinski definition) is 2. The zero-order valence-corrected chi connectivity index (χ0v) is 11.2. The number of benzene rings is 1. The average molecular weight is 270 g/mol. The van der Waals surface area contributed by atoms with Crippen molar-refractivity contribution in [2.24, 2.45) is 7.05 Å². The summed E-state index contributed by atoms with van der Waals surface area (Å²) in [5, 5.41) is 5.55. The van der Waals surface area contributed by atoms with E-state index >= 15 is 0 Å². The maximum Gasteiger partial charge on any atom is 0.259 e. The second-order valence-corrected chi connectivity index (χ2v) is 4.81. The van der Waals surface area contributed by atoms with Crippen molar-refractivity contribution in [2.45, 2.75) is 13.0 Å². The Bertz CT molecular complexity index is 705. The van der Waals surface area contributed by atoms with Gasteiger partial charge in [0, 0.05) is 25.1 Å². The molecule has 102 valence electrons. The molecule has 1 aromatic carbocycles. The summed E-state index contributed by atoms with van der Waals surface area (Å²) in [5.41, 5.74) is 1.61. The first-order valence-corrected chi connectivity index (χ1v) is 6.30. The molecule has 0 radical (unpaired) electrons. The Kier molecular flexibility index (Phi) is 2.78. The molecule has 0 bridgehead atoms. The molecule has 6 heteroatoms. The summed E-state index contributed by atoms with van der Waals surface area (Å²) in [7, 11) is 1.93. The van der Waals surface area contributed by atoms with Crippen molar-refractivity contribution in [3.63, 3.8) is 0 Å².